The van der Waals surface area contributed by atoms with E-state index in [1.807, 2.05) is 12.1 Å². The standard InChI is InChI=1S/C19H26N2O2/c1-15-6-4-5-7-17(15)18-14-16(20)8-9-19(18)21(10-12-22-2)11-13-23-3/h4-9,14H,10-13,20H2,1-3H3. The van der Waals surface area contributed by atoms with E-state index in [2.05, 4.69) is 42.2 Å². The van der Waals surface area contributed by atoms with Crippen molar-refractivity contribution in [3.63, 3.8) is 0 Å². The van der Waals surface area contributed by atoms with Gasteiger partial charge in [-0.25, -0.2) is 0 Å². The van der Waals surface area contributed by atoms with Crippen LogP contribution >= 0.6 is 0 Å². The molecule has 0 aliphatic heterocycles. The van der Waals surface area contributed by atoms with Crippen LogP contribution in [0.2, 0.25) is 0 Å². The molecular weight excluding hydrogens is 288 g/mol. The topological polar surface area (TPSA) is 47.7 Å². The number of methoxy groups -OCH3 is 2. The van der Waals surface area contributed by atoms with Gasteiger partial charge in [0.1, 0.15) is 0 Å². The van der Waals surface area contributed by atoms with E-state index in [1.54, 1.807) is 14.2 Å². The molecule has 2 N–H and O–H groups in total. The van der Waals surface area contributed by atoms with Crippen LogP contribution < -0.4 is 10.6 Å². The van der Waals surface area contributed by atoms with Crippen molar-refractivity contribution < 1.29 is 9.47 Å². The van der Waals surface area contributed by atoms with Crippen molar-refractivity contribution in [2.45, 2.75) is 6.92 Å². The van der Waals surface area contributed by atoms with Gasteiger partial charge in [0.25, 0.3) is 0 Å². The van der Waals surface area contributed by atoms with Crippen LogP contribution in [0.5, 0.6) is 0 Å². The summed E-state index contributed by atoms with van der Waals surface area (Å²) >= 11 is 0. The van der Waals surface area contributed by atoms with E-state index >= 15 is 0 Å². The van der Waals surface area contributed by atoms with Crippen molar-refractivity contribution in [1.29, 1.82) is 0 Å². The molecule has 4 heteroatoms. The number of nitrogens with zero attached hydrogens (tertiary/aromatic N) is 1. The summed E-state index contributed by atoms with van der Waals surface area (Å²) in [5.74, 6) is 0. The van der Waals surface area contributed by atoms with Gasteiger partial charge in [-0.05, 0) is 36.2 Å². The second-order valence-electron chi connectivity index (χ2n) is 5.56. The molecule has 4 nitrogen and oxygen atoms in total. The van der Waals surface area contributed by atoms with Crippen molar-refractivity contribution >= 4 is 11.4 Å². The Morgan fingerprint density at radius 1 is 0.913 bits per heavy atom. The molecule has 0 bridgehead atoms. The molecule has 0 atom stereocenters. The summed E-state index contributed by atoms with van der Waals surface area (Å²) in [5, 5.41) is 0. The summed E-state index contributed by atoms with van der Waals surface area (Å²) < 4.78 is 10.5. The van der Waals surface area contributed by atoms with Gasteiger partial charge in [0.2, 0.25) is 0 Å². The number of benzene rings is 2. The first-order valence-electron chi connectivity index (χ1n) is 7.85. The van der Waals surface area contributed by atoms with Gasteiger partial charge in [-0.2, -0.15) is 0 Å². The molecule has 2 rings (SSSR count). The van der Waals surface area contributed by atoms with Gasteiger partial charge in [0.15, 0.2) is 0 Å². The van der Waals surface area contributed by atoms with Crippen LogP contribution in [0.4, 0.5) is 11.4 Å². The Bertz CT molecular complexity index is 621. The van der Waals surface area contributed by atoms with Crippen LogP contribution in [0, 0.1) is 6.92 Å². The van der Waals surface area contributed by atoms with Crippen LogP contribution in [0.15, 0.2) is 42.5 Å². The third-order valence-electron chi connectivity index (χ3n) is 3.93. The third-order valence-corrected chi connectivity index (χ3v) is 3.93. The highest BCUT2D eigenvalue weighted by Crippen LogP contribution is 2.34. The van der Waals surface area contributed by atoms with Gasteiger partial charge in [0.05, 0.1) is 13.2 Å². The quantitative estimate of drug-likeness (QED) is 0.759. The molecular formula is C19H26N2O2. The van der Waals surface area contributed by atoms with E-state index in [0.29, 0.717) is 13.2 Å². The Morgan fingerprint density at radius 3 is 2.17 bits per heavy atom. The summed E-state index contributed by atoms with van der Waals surface area (Å²) in [6, 6.07) is 14.5. The van der Waals surface area contributed by atoms with E-state index in [4.69, 9.17) is 15.2 Å². The number of nitrogen functional groups attached to an aromatic ring is 1. The smallest absolute Gasteiger partial charge is 0.0637 e. The lowest BCUT2D eigenvalue weighted by Crippen LogP contribution is -2.31. The lowest BCUT2D eigenvalue weighted by atomic mass is 9.98. The number of rotatable bonds is 8. The molecule has 0 fully saturated rings. The molecule has 2 aromatic carbocycles. The minimum Gasteiger partial charge on any atom is -0.399 e. The lowest BCUT2D eigenvalue weighted by molar-refractivity contribution is 0.190. The molecule has 0 spiro atoms. The third kappa shape index (κ3) is 4.47. The molecule has 0 aromatic heterocycles. The highest BCUT2D eigenvalue weighted by atomic mass is 16.5. The molecule has 0 saturated carbocycles. The van der Waals surface area contributed by atoms with Gasteiger partial charge in [-0.1, -0.05) is 24.3 Å². The minimum atomic E-state index is 0.668. The summed E-state index contributed by atoms with van der Waals surface area (Å²) in [6.07, 6.45) is 0. The van der Waals surface area contributed by atoms with Crippen molar-refractivity contribution in [2.75, 3.05) is 51.2 Å². The van der Waals surface area contributed by atoms with Crippen molar-refractivity contribution in [2.24, 2.45) is 0 Å². The average Bonchev–Trinajstić information content (AvgIpc) is 2.56. The highest BCUT2D eigenvalue weighted by molar-refractivity contribution is 5.83. The van der Waals surface area contributed by atoms with Crippen LogP contribution in [0.3, 0.4) is 0 Å². The predicted octanol–water partition coefficient (Wildman–Crippen LogP) is 3.34. The van der Waals surface area contributed by atoms with E-state index in [1.165, 1.54) is 11.1 Å². The van der Waals surface area contributed by atoms with Crippen LogP contribution in [-0.2, 0) is 9.47 Å². The molecule has 23 heavy (non-hydrogen) atoms. The van der Waals surface area contributed by atoms with Gasteiger partial charge in [-0.15, -0.1) is 0 Å². The summed E-state index contributed by atoms with van der Waals surface area (Å²) in [5.41, 5.74) is 11.6. The van der Waals surface area contributed by atoms with Crippen LogP contribution in [0.25, 0.3) is 11.1 Å². The zero-order valence-electron chi connectivity index (χ0n) is 14.2. The summed E-state index contributed by atoms with van der Waals surface area (Å²) in [7, 11) is 3.44. The highest BCUT2D eigenvalue weighted by Gasteiger charge is 2.14. The van der Waals surface area contributed by atoms with Crippen molar-refractivity contribution in [3.05, 3.63) is 48.0 Å². The normalized spacial score (nSPS) is 10.7. The predicted molar refractivity (Wildman–Crippen MR) is 97.0 cm³/mol. The second-order valence-corrected chi connectivity index (χ2v) is 5.56. The molecule has 124 valence electrons. The van der Waals surface area contributed by atoms with Crippen molar-refractivity contribution in [1.82, 2.24) is 0 Å². The molecule has 0 heterocycles. The van der Waals surface area contributed by atoms with Gasteiger partial charge >= 0.3 is 0 Å². The van der Waals surface area contributed by atoms with Crippen LogP contribution in [0.1, 0.15) is 5.56 Å². The Balaban J connectivity index is 2.45. The SMILES string of the molecule is COCCN(CCOC)c1ccc(N)cc1-c1ccccc1C. The zero-order chi connectivity index (χ0) is 16.7. The first kappa shape index (κ1) is 17.3. The van der Waals surface area contributed by atoms with Gasteiger partial charge in [-0.3, -0.25) is 0 Å². The molecule has 0 aliphatic carbocycles. The summed E-state index contributed by atoms with van der Waals surface area (Å²) in [4.78, 5) is 2.29. The average molecular weight is 314 g/mol. The Hall–Kier alpha value is -2.04. The monoisotopic (exact) mass is 314 g/mol. The number of hydrogen-bond acceptors (Lipinski definition) is 4. The van der Waals surface area contributed by atoms with Crippen molar-refractivity contribution in [3.8, 4) is 11.1 Å². The van der Waals surface area contributed by atoms with Gasteiger partial charge in [0, 0.05) is 44.2 Å². The molecule has 0 saturated heterocycles. The number of hydrogen-bond donors (Lipinski definition) is 1. The van der Waals surface area contributed by atoms with E-state index in [9.17, 15) is 0 Å². The lowest BCUT2D eigenvalue weighted by Gasteiger charge is -2.27. The molecule has 0 radical (unpaired) electrons. The molecule has 0 aliphatic rings. The van der Waals surface area contributed by atoms with E-state index in [0.717, 1.165) is 30.0 Å². The fourth-order valence-corrected chi connectivity index (χ4v) is 2.68. The van der Waals surface area contributed by atoms with E-state index in [-0.39, 0.29) is 0 Å². The first-order valence-corrected chi connectivity index (χ1v) is 7.85. The molecule has 2 aromatic rings. The number of anilines is 2. The number of nitrogens with two attached hydrogens (primary N) is 1. The van der Waals surface area contributed by atoms with Gasteiger partial charge < -0.3 is 20.1 Å². The minimum absolute atomic E-state index is 0.668. The summed E-state index contributed by atoms with van der Waals surface area (Å²) in [6.45, 7) is 5.07. The fraction of sp³-hybridized carbons (Fsp3) is 0.368. The fourth-order valence-electron chi connectivity index (χ4n) is 2.68. The molecule has 0 unspecified atom stereocenters. The number of aryl methyl sites for hydroxylation is 1. The molecule has 0 amide bonds. The Kier molecular flexibility index (Phi) is 6.44. The largest absolute Gasteiger partial charge is 0.399 e. The number of ether oxygens (including phenoxy) is 2. The maximum absolute atomic E-state index is 6.05. The zero-order valence-corrected chi connectivity index (χ0v) is 14.2. The Morgan fingerprint density at radius 2 is 1.57 bits per heavy atom. The maximum atomic E-state index is 6.05. The first-order chi connectivity index (χ1) is 11.2. The Labute approximate surface area is 138 Å². The second kappa shape index (κ2) is 8.56. The van der Waals surface area contributed by atoms with E-state index < -0.39 is 0 Å². The maximum Gasteiger partial charge on any atom is 0.0637 e. The van der Waals surface area contributed by atoms with Crippen LogP contribution in [-0.4, -0.2) is 40.5 Å².